The van der Waals surface area contributed by atoms with Crippen molar-refractivity contribution in [1.82, 2.24) is 0 Å². The Morgan fingerprint density at radius 1 is 0.846 bits per heavy atom. The van der Waals surface area contributed by atoms with Gasteiger partial charge in [0.05, 0.1) is 0 Å². The lowest BCUT2D eigenvalue weighted by Crippen LogP contribution is -2.13. The van der Waals surface area contributed by atoms with Gasteiger partial charge in [0, 0.05) is 11.3 Å². The van der Waals surface area contributed by atoms with E-state index in [0.29, 0.717) is 12.8 Å². The van der Waals surface area contributed by atoms with Crippen LogP contribution in [-0.4, -0.2) is 17.3 Å². The summed E-state index contributed by atoms with van der Waals surface area (Å²) >= 11 is 0. The van der Waals surface area contributed by atoms with Crippen LogP contribution in [0.4, 0.5) is 0 Å². The minimum absolute atomic E-state index is 0.272. The molecule has 26 heavy (non-hydrogen) atoms. The molecule has 0 rings (SSSR count). The topological polar surface area (TPSA) is 60.2 Å². The van der Waals surface area contributed by atoms with E-state index in [2.05, 4.69) is 25.2 Å². The van der Waals surface area contributed by atoms with Crippen LogP contribution < -0.4 is 0 Å². The summed E-state index contributed by atoms with van der Waals surface area (Å²) < 4.78 is 0. The molecule has 0 aliphatic rings. The molecular weight excluding hydrogens is 326 g/mol. The van der Waals surface area contributed by atoms with Crippen molar-refractivity contribution < 1.29 is 9.72 Å². The van der Waals surface area contributed by atoms with Crippen molar-refractivity contribution in [3.8, 4) is 0 Å². The standard InChI is InChI=1S/C22H34NO3/c1-2-3-4-5-6-10-13-16-19-22(23(25)26)20-17-14-11-8-7-9-12-15-18-21-24/h6,8,10-11,16-17,19-20,22H,2-5,7,9,12-15,18H2,1H3/b10-6+,11-8+,19-16+,20-17+. The zero-order valence-corrected chi connectivity index (χ0v) is 16.1. The van der Waals surface area contributed by atoms with Crippen molar-refractivity contribution in [1.29, 1.82) is 0 Å². The first-order valence-electron chi connectivity index (χ1n) is 9.84. The van der Waals surface area contributed by atoms with Crippen LogP contribution in [0.3, 0.4) is 0 Å². The summed E-state index contributed by atoms with van der Waals surface area (Å²) in [4.78, 5) is 20.9. The monoisotopic (exact) mass is 360 g/mol. The molecule has 1 unspecified atom stereocenters. The maximum atomic E-state index is 11.1. The summed E-state index contributed by atoms with van der Waals surface area (Å²) in [5.41, 5.74) is 0. The molecule has 0 aromatic heterocycles. The molecule has 0 aromatic rings. The Hall–Kier alpha value is -1.97. The molecule has 4 heteroatoms. The van der Waals surface area contributed by atoms with Crippen molar-refractivity contribution in [2.45, 2.75) is 83.6 Å². The molecule has 0 saturated carbocycles. The summed E-state index contributed by atoms with van der Waals surface area (Å²) in [6.07, 6.45) is 28.0. The molecule has 1 radical (unpaired) electrons. The van der Waals surface area contributed by atoms with Crippen molar-refractivity contribution in [2.24, 2.45) is 0 Å². The fourth-order valence-corrected chi connectivity index (χ4v) is 2.37. The molecule has 0 N–H and O–H groups in total. The van der Waals surface area contributed by atoms with Crippen LogP contribution in [0.15, 0.2) is 48.6 Å². The SMILES string of the molecule is CCCCC/C=C/C/C=C/C(/C=C/C/C=C/CCCCC[C]=O)[N+](=O)[O-]. The van der Waals surface area contributed by atoms with Crippen molar-refractivity contribution >= 4 is 6.29 Å². The third-order valence-corrected chi connectivity index (χ3v) is 3.91. The van der Waals surface area contributed by atoms with E-state index in [4.69, 9.17) is 0 Å². The Kier molecular flexibility index (Phi) is 17.9. The van der Waals surface area contributed by atoms with Gasteiger partial charge in [0.2, 0.25) is 6.04 Å². The molecule has 0 amide bonds. The lowest BCUT2D eigenvalue weighted by molar-refractivity contribution is -0.496. The van der Waals surface area contributed by atoms with Gasteiger partial charge in [-0.25, -0.2) is 0 Å². The number of hydrogen-bond donors (Lipinski definition) is 0. The highest BCUT2D eigenvalue weighted by atomic mass is 16.6. The smallest absolute Gasteiger partial charge is 0.249 e. The molecule has 4 nitrogen and oxygen atoms in total. The van der Waals surface area contributed by atoms with E-state index in [9.17, 15) is 14.9 Å². The van der Waals surface area contributed by atoms with Gasteiger partial charge in [0.15, 0.2) is 6.29 Å². The molecule has 145 valence electrons. The van der Waals surface area contributed by atoms with Gasteiger partial charge in [-0.2, -0.15) is 0 Å². The summed E-state index contributed by atoms with van der Waals surface area (Å²) in [6, 6.07) is -0.753. The Morgan fingerprint density at radius 3 is 1.92 bits per heavy atom. The summed E-state index contributed by atoms with van der Waals surface area (Å²) in [7, 11) is 0. The van der Waals surface area contributed by atoms with Crippen LogP contribution in [0.2, 0.25) is 0 Å². The molecule has 0 aromatic carbocycles. The van der Waals surface area contributed by atoms with Crippen molar-refractivity contribution in [2.75, 3.05) is 0 Å². The lowest BCUT2D eigenvalue weighted by atomic mass is 10.1. The quantitative estimate of drug-likeness (QED) is 0.133. The number of rotatable bonds is 17. The van der Waals surface area contributed by atoms with Gasteiger partial charge >= 0.3 is 0 Å². The number of unbranched alkanes of at least 4 members (excludes halogenated alkanes) is 7. The number of hydrogen-bond acceptors (Lipinski definition) is 3. The normalized spacial score (nSPS) is 13.4. The molecule has 0 aliphatic heterocycles. The number of nitro groups is 1. The van der Waals surface area contributed by atoms with Gasteiger partial charge in [-0.15, -0.1) is 0 Å². The zero-order valence-electron chi connectivity index (χ0n) is 16.1. The zero-order chi connectivity index (χ0) is 19.3. The van der Waals surface area contributed by atoms with E-state index >= 15 is 0 Å². The van der Waals surface area contributed by atoms with Gasteiger partial charge in [-0.3, -0.25) is 14.9 Å². The van der Waals surface area contributed by atoms with Gasteiger partial charge in [0.25, 0.3) is 0 Å². The van der Waals surface area contributed by atoms with Gasteiger partial charge in [-0.05, 0) is 57.1 Å². The highest BCUT2D eigenvalue weighted by Gasteiger charge is 2.09. The molecule has 0 bridgehead atoms. The maximum absolute atomic E-state index is 11.1. The molecule has 0 fully saturated rings. The van der Waals surface area contributed by atoms with Gasteiger partial charge in [-0.1, -0.05) is 62.6 Å². The fraction of sp³-hybridized carbons (Fsp3) is 0.591. The van der Waals surface area contributed by atoms with Crippen molar-refractivity contribution in [3.63, 3.8) is 0 Å². The maximum Gasteiger partial charge on any atom is 0.249 e. The van der Waals surface area contributed by atoms with Gasteiger partial charge in [0.1, 0.15) is 0 Å². The van der Waals surface area contributed by atoms with Crippen LogP contribution >= 0.6 is 0 Å². The Labute approximate surface area is 158 Å². The Balaban J connectivity index is 3.96. The van der Waals surface area contributed by atoms with E-state index in [1.807, 2.05) is 24.5 Å². The van der Waals surface area contributed by atoms with E-state index in [-0.39, 0.29) is 4.92 Å². The van der Waals surface area contributed by atoms with E-state index in [1.165, 1.54) is 19.3 Å². The number of nitrogens with zero attached hydrogens (tertiary/aromatic N) is 1. The molecule has 0 spiro atoms. The first-order chi connectivity index (χ1) is 12.7. The summed E-state index contributed by atoms with van der Waals surface area (Å²) in [5.74, 6) is 0. The number of carbonyl (C=O) groups excluding carboxylic acids is 1. The number of allylic oxidation sites excluding steroid dienone is 6. The molecule has 1 atom stereocenters. The Morgan fingerprint density at radius 2 is 1.42 bits per heavy atom. The average Bonchev–Trinajstić information content (AvgIpc) is 2.63. The van der Waals surface area contributed by atoms with Crippen LogP contribution in [0.5, 0.6) is 0 Å². The summed E-state index contributed by atoms with van der Waals surface area (Å²) in [6.45, 7) is 2.19. The van der Waals surface area contributed by atoms with E-state index in [1.54, 1.807) is 12.2 Å². The Bertz CT molecular complexity index is 464. The average molecular weight is 361 g/mol. The molecule has 0 heterocycles. The minimum atomic E-state index is -0.753. The van der Waals surface area contributed by atoms with E-state index < -0.39 is 6.04 Å². The van der Waals surface area contributed by atoms with E-state index in [0.717, 1.165) is 38.5 Å². The van der Waals surface area contributed by atoms with Crippen LogP contribution in [0.1, 0.15) is 77.6 Å². The summed E-state index contributed by atoms with van der Waals surface area (Å²) in [5, 5.41) is 11.1. The molecule has 0 saturated heterocycles. The van der Waals surface area contributed by atoms with Gasteiger partial charge < -0.3 is 0 Å². The fourth-order valence-electron chi connectivity index (χ4n) is 2.37. The molecule has 0 aliphatic carbocycles. The lowest BCUT2D eigenvalue weighted by Gasteiger charge is -1.97. The second-order valence-electron chi connectivity index (χ2n) is 6.29. The predicted molar refractivity (Wildman–Crippen MR) is 109 cm³/mol. The van der Waals surface area contributed by atoms with Crippen LogP contribution in [0.25, 0.3) is 0 Å². The highest BCUT2D eigenvalue weighted by molar-refractivity contribution is 5.50. The van der Waals surface area contributed by atoms with Crippen molar-refractivity contribution in [3.05, 3.63) is 58.7 Å². The first kappa shape index (κ1) is 24.0. The first-order valence-corrected chi connectivity index (χ1v) is 9.84. The minimum Gasteiger partial charge on any atom is -0.291 e. The second-order valence-corrected chi connectivity index (χ2v) is 6.29. The highest BCUT2D eigenvalue weighted by Crippen LogP contribution is 2.04. The second kappa shape index (κ2) is 19.4. The predicted octanol–water partition coefficient (Wildman–Crippen LogP) is 6.28. The molecular formula is C22H34NO3. The van der Waals surface area contributed by atoms with Crippen LogP contribution in [-0.2, 0) is 4.79 Å². The largest absolute Gasteiger partial charge is 0.291 e. The van der Waals surface area contributed by atoms with Crippen LogP contribution in [0, 0.1) is 10.1 Å². The third-order valence-electron chi connectivity index (χ3n) is 3.91. The third kappa shape index (κ3) is 16.9.